The second kappa shape index (κ2) is 36.3. The first-order chi connectivity index (χ1) is 28.9. The molecule has 0 bridgehead atoms. The van der Waals surface area contributed by atoms with Crippen LogP contribution in [-0.4, -0.2) is 75.2 Å². The Bertz CT molecular complexity index is 1120. The highest BCUT2D eigenvalue weighted by Gasteiger charge is 2.43. The number of rotatable bonds is 40. The molecule has 4 N–H and O–H groups in total. The van der Waals surface area contributed by atoms with Crippen molar-refractivity contribution < 1.29 is 14.4 Å². The van der Waals surface area contributed by atoms with Crippen LogP contribution >= 0.6 is 0 Å². The molecule has 2 rings (SSSR count). The minimum atomic E-state index is -0.793. The van der Waals surface area contributed by atoms with Crippen molar-refractivity contribution in [1.29, 1.82) is 0 Å². The number of likely N-dealkylation sites (tertiary alicyclic amines) is 1. The van der Waals surface area contributed by atoms with Crippen molar-refractivity contribution in [2.24, 2.45) is 5.73 Å². The van der Waals surface area contributed by atoms with Gasteiger partial charge >= 0.3 is 0 Å². The summed E-state index contributed by atoms with van der Waals surface area (Å²) in [6.07, 6.45) is 44.7. The maximum Gasteiger partial charge on any atom is 0.245 e. The van der Waals surface area contributed by atoms with Gasteiger partial charge < -0.3 is 25.8 Å². The van der Waals surface area contributed by atoms with Crippen LogP contribution in [0.5, 0.6) is 0 Å². The molecule has 342 valence electrons. The lowest BCUT2D eigenvalue weighted by atomic mass is 10.0. The number of carbonyl (C=O) groups is 3. The monoisotopic (exact) mass is 827 g/mol. The highest BCUT2D eigenvalue weighted by molar-refractivity contribution is 5.91. The van der Waals surface area contributed by atoms with Gasteiger partial charge in [-0.3, -0.25) is 14.4 Å². The van der Waals surface area contributed by atoms with Crippen LogP contribution < -0.4 is 11.1 Å². The fourth-order valence-electron chi connectivity index (χ4n) is 8.90. The SMILES string of the molecule is CCCCCCCCCCCCCCC(=O)N[C@H]1C[C@@H](C(=O)N(CCCCCCCCCCCC)CCCCCCCCCCCC)N(C(=O)[C@H](N)Cc2cnc[nH]2)C1. The molecule has 0 aliphatic carbocycles. The van der Waals surface area contributed by atoms with E-state index in [1.807, 2.05) is 0 Å². The zero-order chi connectivity index (χ0) is 42.6. The molecule has 0 aromatic carbocycles. The minimum Gasteiger partial charge on any atom is -0.351 e. The van der Waals surface area contributed by atoms with Crippen LogP contribution in [0.15, 0.2) is 12.5 Å². The van der Waals surface area contributed by atoms with E-state index in [4.69, 9.17) is 5.73 Å². The van der Waals surface area contributed by atoms with E-state index in [1.54, 1.807) is 17.4 Å². The first kappa shape index (κ1) is 52.7. The molecule has 2 heterocycles. The fraction of sp³-hybridized carbons (Fsp3) is 0.880. The van der Waals surface area contributed by atoms with Crippen molar-refractivity contribution >= 4 is 17.7 Å². The first-order valence-electron chi connectivity index (χ1n) is 25.5. The molecule has 1 aliphatic rings. The van der Waals surface area contributed by atoms with Gasteiger partial charge in [0.1, 0.15) is 6.04 Å². The Morgan fingerprint density at radius 1 is 0.661 bits per heavy atom. The Morgan fingerprint density at radius 2 is 1.07 bits per heavy atom. The number of amides is 3. The fourth-order valence-corrected chi connectivity index (χ4v) is 8.90. The van der Waals surface area contributed by atoms with Crippen molar-refractivity contribution in [2.45, 2.75) is 264 Å². The normalized spacial score (nSPS) is 15.8. The van der Waals surface area contributed by atoms with E-state index in [0.29, 0.717) is 25.8 Å². The smallest absolute Gasteiger partial charge is 0.245 e. The number of nitrogens with zero attached hydrogens (tertiary/aromatic N) is 3. The molecule has 1 fully saturated rings. The molecule has 3 atom stereocenters. The van der Waals surface area contributed by atoms with E-state index in [2.05, 4.69) is 41.0 Å². The highest BCUT2D eigenvalue weighted by atomic mass is 16.2. The minimum absolute atomic E-state index is 0.0247. The van der Waals surface area contributed by atoms with Gasteiger partial charge in [-0.05, 0) is 25.7 Å². The van der Waals surface area contributed by atoms with Gasteiger partial charge in [0.2, 0.25) is 17.7 Å². The van der Waals surface area contributed by atoms with Crippen LogP contribution in [0, 0.1) is 0 Å². The van der Waals surface area contributed by atoms with E-state index < -0.39 is 12.1 Å². The molecule has 59 heavy (non-hydrogen) atoms. The number of hydrogen-bond donors (Lipinski definition) is 3. The second-order valence-electron chi connectivity index (χ2n) is 18.2. The van der Waals surface area contributed by atoms with Gasteiger partial charge in [0, 0.05) is 50.4 Å². The summed E-state index contributed by atoms with van der Waals surface area (Å²) in [5.74, 6) is -0.179. The number of nitrogens with one attached hydrogen (secondary N) is 2. The Labute approximate surface area is 363 Å². The lowest BCUT2D eigenvalue weighted by Gasteiger charge is -2.31. The molecule has 1 saturated heterocycles. The zero-order valence-corrected chi connectivity index (χ0v) is 38.9. The number of unbranched alkanes of at least 4 members (excludes halogenated alkanes) is 29. The number of aromatic nitrogens is 2. The molecule has 9 nitrogen and oxygen atoms in total. The lowest BCUT2D eigenvalue weighted by Crippen LogP contribution is -2.53. The van der Waals surface area contributed by atoms with Crippen molar-refractivity contribution in [3.05, 3.63) is 18.2 Å². The summed E-state index contributed by atoms with van der Waals surface area (Å²) in [7, 11) is 0. The molecule has 1 aromatic heterocycles. The van der Waals surface area contributed by atoms with Gasteiger partial charge in [-0.1, -0.05) is 207 Å². The summed E-state index contributed by atoms with van der Waals surface area (Å²) < 4.78 is 0. The van der Waals surface area contributed by atoms with Crippen LogP contribution in [0.2, 0.25) is 0 Å². The number of imidazole rings is 1. The highest BCUT2D eigenvalue weighted by Crippen LogP contribution is 2.24. The molecular weight excluding hydrogens is 733 g/mol. The first-order valence-corrected chi connectivity index (χ1v) is 25.5. The maximum atomic E-state index is 14.6. The number of carbonyl (C=O) groups excluding carboxylic acids is 3. The molecule has 3 amide bonds. The van der Waals surface area contributed by atoms with Crippen molar-refractivity contribution in [2.75, 3.05) is 19.6 Å². The average molecular weight is 827 g/mol. The number of nitrogens with two attached hydrogens (primary N) is 1. The molecule has 0 spiro atoms. The van der Waals surface area contributed by atoms with Crippen LogP contribution in [0.1, 0.15) is 245 Å². The number of H-pyrrole nitrogens is 1. The second-order valence-corrected chi connectivity index (χ2v) is 18.2. The van der Waals surface area contributed by atoms with Crippen molar-refractivity contribution in [3.8, 4) is 0 Å². The Hall–Kier alpha value is -2.42. The molecule has 1 aromatic rings. The zero-order valence-electron chi connectivity index (χ0n) is 38.9. The third-order valence-electron chi connectivity index (χ3n) is 12.7. The van der Waals surface area contributed by atoms with E-state index in [9.17, 15) is 14.4 Å². The van der Waals surface area contributed by atoms with Gasteiger partial charge in [-0.15, -0.1) is 0 Å². The van der Waals surface area contributed by atoms with Crippen LogP contribution in [0.4, 0.5) is 0 Å². The summed E-state index contributed by atoms with van der Waals surface area (Å²) in [4.78, 5) is 52.7. The molecule has 0 unspecified atom stereocenters. The van der Waals surface area contributed by atoms with Crippen LogP contribution in [0.3, 0.4) is 0 Å². The maximum absolute atomic E-state index is 14.6. The Balaban J connectivity index is 1.95. The quantitative estimate of drug-likeness (QED) is 0.0568. The Morgan fingerprint density at radius 3 is 1.47 bits per heavy atom. The molecule has 1 aliphatic heterocycles. The number of hydrogen-bond acceptors (Lipinski definition) is 5. The van der Waals surface area contributed by atoms with Crippen LogP contribution in [0.25, 0.3) is 0 Å². The summed E-state index contributed by atoms with van der Waals surface area (Å²) in [5, 5.41) is 3.23. The van der Waals surface area contributed by atoms with Gasteiger partial charge in [-0.25, -0.2) is 4.98 Å². The van der Waals surface area contributed by atoms with E-state index in [0.717, 1.165) is 57.3 Å². The van der Waals surface area contributed by atoms with Crippen molar-refractivity contribution in [1.82, 2.24) is 25.1 Å². The third kappa shape index (κ3) is 25.8. The van der Waals surface area contributed by atoms with Gasteiger partial charge in [0.15, 0.2) is 0 Å². The predicted molar refractivity (Wildman–Crippen MR) is 248 cm³/mol. The van der Waals surface area contributed by atoms with Gasteiger partial charge in [0.05, 0.1) is 12.4 Å². The predicted octanol–water partition coefficient (Wildman–Crippen LogP) is 12.1. The van der Waals surface area contributed by atoms with E-state index in [1.165, 1.54) is 167 Å². The Kier molecular flexibility index (Phi) is 32.4. The van der Waals surface area contributed by atoms with Crippen LogP contribution in [-0.2, 0) is 20.8 Å². The van der Waals surface area contributed by atoms with Crippen molar-refractivity contribution in [3.63, 3.8) is 0 Å². The standard InChI is InChI=1S/C50H94N6O3/c1-4-7-10-13-16-19-22-23-24-27-30-33-36-48(57)54-45-40-47(56(42-45)49(58)46(51)39-44-41-52-43-53-44)50(59)55(37-34-31-28-25-20-17-14-11-8-5-2)38-35-32-29-26-21-18-15-12-9-6-3/h41,43,45-47H,4-40,42,51H2,1-3H3,(H,52,53)(H,54,57)/t45-,46+,47-/m0/s1. The number of aromatic amines is 1. The van der Waals surface area contributed by atoms with E-state index in [-0.39, 0.29) is 23.8 Å². The van der Waals surface area contributed by atoms with Gasteiger partial charge in [-0.2, -0.15) is 0 Å². The summed E-state index contributed by atoms with van der Waals surface area (Å²) in [5.41, 5.74) is 7.32. The summed E-state index contributed by atoms with van der Waals surface area (Å²) >= 11 is 0. The van der Waals surface area contributed by atoms with E-state index >= 15 is 0 Å². The largest absolute Gasteiger partial charge is 0.351 e. The third-order valence-corrected chi connectivity index (χ3v) is 12.7. The topological polar surface area (TPSA) is 124 Å². The average Bonchev–Trinajstić information content (AvgIpc) is 3.91. The summed E-state index contributed by atoms with van der Waals surface area (Å²) in [6, 6.07) is -1.66. The molecule has 0 saturated carbocycles. The lowest BCUT2D eigenvalue weighted by molar-refractivity contribution is -0.144. The molecular formula is C50H94N6O3. The van der Waals surface area contributed by atoms with Gasteiger partial charge in [0.25, 0.3) is 0 Å². The summed E-state index contributed by atoms with van der Waals surface area (Å²) in [6.45, 7) is 8.57. The molecule has 0 radical (unpaired) electrons. The molecule has 9 heteroatoms.